The normalized spacial score (nSPS) is 11.1. The van der Waals surface area contributed by atoms with Gasteiger partial charge in [0.1, 0.15) is 5.69 Å². The maximum atomic E-state index is 12.0. The Hall–Kier alpha value is -2.39. The summed E-state index contributed by atoms with van der Waals surface area (Å²) in [6, 6.07) is 0. The zero-order valence-corrected chi connectivity index (χ0v) is 8.69. The molecule has 18 heavy (non-hydrogen) atoms. The third-order valence-electron chi connectivity index (χ3n) is 1.82. The van der Waals surface area contributed by atoms with Crippen molar-refractivity contribution >= 4 is 11.7 Å². The minimum atomic E-state index is -5.17. The first-order valence-electron chi connectivity index (χ1n) is 4.26. The van der Waals surface area contributed by atoms with E-state index in [0.29, 0.717) is 6.20 Å². The first-order chi connectivity index (χ1) is 8.13. The second kappa shape index (κ2) is 4.47. The standard InChI is InChI=1S/C8H5F3N2O5/c1-3-6(13(16)17)5(7(14)15)4(2-12-3)18-8(9,10)11/h2H,1H3,(H,14,15). The van der Waals surface area contributed by atoms with Crippen LogP contribution in [-0.2, 0) is 0 Å². The van der Waals surface area contributed by atoms with Gasteiger partial charge in [0, 0.05) is 0 Å². The molecule has 0 atom stereocenters. The van der Waals surface area contributed by atoms with Crippen molar-refractivity contribution < 1.29 is 32.7 Å². The molecule has 0 saturated carbocycles. The van der Waals surface area contributed by atoms with Gasteiger partial charge >= 0.3 is 18.0 Å². The van der Waals surface area contributed by atoms with Crippen LogP contribution in [0, 0.1) is 17.0 Å². The van der Waals surface area contributed by atoms with Crippen LogP contribution >= 0.6 is 0 Å². The minimum Gasteiger partial charge on any atom is -0.477 e. The highest BCUT2D eigenvalue weighted by Gasteiger charge is 2.37. The number of alkyl halides is 3. The lowest BCUT2D eigenvalue weighted by molar-refractivity contribution is -0.386. The van der Waals surface area contributed by atoms with Crippen LogP contribution in [0.15, 0.2) is 6.20 Å². The summed E-state index contributed by atoms with van der Waals surface area (Å²) >= 11 is 0. The van der Waals surface area contributed by atoms with Crippen LogP contribution in [0.5, 0.6) is 5.75 Å². The molecule has 1 heterocycles. The highest BCUT2D eigenvalue weighted by Crippen LogP contribution is 2.33. The molecule has 0 aromatic carbocycles. The molecule has 0 bridgehead atoms. The monoisotopic (exact) mass is 266 g/mol. The molecule has 0 saturated heterocycles. The number of nitro groups is 1. The van der Waals surface area contributed by atoms with E-state index in [1.807, 2.05) is 0 Å². The fourth-order valence-corrected chi connectivity index (χ4v) is 1.21. The predicted molar refractivity (Wildman–Crippen MR) is 49.3 cm³/mol. The average molecular weight is 266 g/mol. The molecule has 0 amide bonds. The minimum absolute atomic E-state index is 0.327. The van der Waals surface area contributed by atoms with Gasteiger partial charge in [0.2, 0.25) is 0 Å². The molecule has 1 aromatic heterocycles. The van der Waals surface area contributed by atoms with Gasteiger partial charge in [0.15, 0.2) is 11.3 Å². The van der Waals surface area contributed by atoms with Gasteiger partial charge in [-0.2, -0.15) is 0 Å². The second-order valence-electron chi connectivity index (χ2n) is 3.04. The Kier molecular flexibility index (Phi) is 3.39. The fourth-order valence-electron chi connectivity index (χ4n) is 1.21. The summed E-state index contributed by atoms with van der Waals surface area (Å²) in [5.74, 6) is -3.14. The van der Waals surface area contributed by atoms with Gasteiger partial charge in [-0.3, -0.25) is 15.1 Å². The van der Waals surface area contributed by atoms with Crippen LogP contribution in [0.1, 0.15) is 16.1 Å². The van der Waals surface area contributed by atoms with Crippen LogP contribution in [-0.4, -0.2) is 27.3 Å². The highest BCUT2D eigenvalue weighted by molar-refractivity contribution is 5.95. The van der Waals surface area contributed by atoms with Crippen molar-refractivity contribution in [3.05, 3.63) is 27.6 Å². The first kappa shape index (κ1) is 13.7. The van der Waals surface area contributed by atoms with E-state index in [4.69, 9.17) is 5.11 Å². The van der Waals surface area contributed by atoms with Crippen molar-refractivity contribution in [2.45, 2.75) is 13.3 Å². The smallest absolute Gasteiger partial charge is 0.477 e. The maximum Gasteiger partial charge on any atom is 0.573 e. The Labute approximate surface area is 97.0 Å². The van der Waals surface area contributed by atoms with Gasteiger partial charge in [-0.05, 0) is 6.92 Å². The van der Waals surface area contributed by atoms with Crippen molar-refractivity contribution in [1.29, 1.82) is 0 Å². The number of carboxylic acid groups (broad SMARTS) is 1. The molecule has 0 unspecified atom stereocenters. The molecule has 0 fully saturated rings. The number of carbonyl (C=O) groups is 1. The largest absolute Gasteiger partial charge is 0.573 e. The fraction of sp³-hybridized carbons (Fsp3) is 0.250. The zero-order valence-electron chi connectivity index (χ0n) is 8.69. The lowest BCUT2D eigenvalue weighted by Crippen LogP contribution is -2.20. The molecule has 1 N–H and O–H groups in total. The van der Waals surface area contributed by atoms with Crippen LogP contribution in [0.25, 0.3) is 0 Å². The number of aromatic carboxylic acids is 1. The van der Waals surface area contributed by atoms with E-state index >= 15 is 0 Å². The van der Waals surface area contributed by atoms with Crippen LogP contribution < -0.4 is 4.74 Å². The summed E-state index contributed by atoms with van der Waals surface area (Å²) in [6.07, 6.45) is -4.70. The highest BCUT2D eigenvalue weighted by atomic mass is 19.4. The number of aromatic nitrogens is 1. The number of pyridine rings is 1. The van der Waals surface area contributed by atoms with E-state index < -0.39 is 34.3 Å². The Morgan fingerprint density at radius 3 is 2.50 bits per heavy atom. The Morgan fingerprint density at radius 1 is 1.56 bits per heavy atom. The Morgan fingerprint density at radius 2 is 2.11 bits per heavy atom. The van der Waals surface area contributed by atoms with Gasteiger partial charge in [-0.15, -0.1) is 13.2 Å². The van der Waals surface area contributed by atoms with E-state index in [0.717, 1.165) is 6.92 Å². The molecule has 1 rings (SSSR count). The van der Waals surface area contributed by atoms with E-state index in [1.54, 1.807) is 0 Å². The molecule has 0 aliphatic heterocycles. The van der Waals surface area contributed by atoms with Crippen molar-refractivity contribution in [3.8, 4) is 5.75 Å². The zero-order chi connectivity index (χ0) is 14.1. The van der Waals surface area contributed by atoms with Gasteiger partial charge in [-0.1, -0.05) is 0 Å². The summed E-state index contributed by atoms with van der Waals surface area (Å²) in [4.78, 5) is 23.6. The number of ether oxygens (including phenoxy) is 1. The van der Waals surface area contributed by atoms with Gasteiger partial charge < -0.3 is 9.84 Å². The lowest BCUT2D eigenvalue weighted by Gasteiger charge is -2.11. The number of halogens is 3. The molecule has 0 radical (unpaired) electrons. The number of aryl methyl sites for hydroxylation is 1. The van der Waals surface area contributed by atoms with Crippen LogP contribution in [0.4, 0.5) is 18.9 Å². The van der Waals surface area contributed by atoms with Crippen LogP contribution in [0.2, 0.25) is 0 Å². The van der Waals surface area contributed by atoms with Crippen molar-refractivity contribution in [1.82, 2.24) is 4.98 Å². The van der Waals surface area contributed by atoms with E-state index in [2.05, 4.69) is 9.72 Å². The Bertz CT molecular complexity index is 514. The van der Waals surface area contributed by atoms with Crippen molar-refractivity contribution in [2.24, 2.45) is 0 Å². The molecule has 1 aromatic rings. The van der Waals surface area contributed by atoms with Gasteiger partial charge in [0.25, 0.3) is 0 Å². The third-order valence-corrected chi connectivity index (χ3v) is 1.82. The van der Waals surface area contributed by atoms with Crippen molar-refractivity contribution in [2.75, 3.05) is 0 Å². The summed E-state index contributed by atoms with van der Waals surface area (Å²) in [5, 5.41) is 19.4. The first-order valence-corrected chi connectivity index (χ1v) is 4.26. The second-order valence-corrected chi connectivity index (χ2v) is 3.04. The molecule has 0 spiro atoms. The molecule has 10 heteroatoms. The number of hydrogen-bond acceptors (Lipinski definition) is 5. The summed E-state index contributed by atoms with van der Waals surface area (Å²) < 4.78 is 39.4. The SMILES string of the molecule is Cc1ncc(OC(F)(F)F)c(C(=O)O)c1[N+](=O)[O-]. The van der Waals surface area contributed by atoms with E-state index in [1.165, 1.54) is 0 Å². The summed E-state index contributed by atoms with van der Waals surface area (Å²) in [6.45, 7) is 1.10. The molecule has 98 valence electrons. The quantitative estimate of drug-likeness (QED) is 0.662. The molecular weight excluding hydrogens is 261 g/mol. The van der Waals surface area contributed by atoms with Crippen molar-refractivity contribution in [3.63, 3.8) is 0 Å². The number of hydrogen-bond donors (Lipinski definition) is 1. The Balaban J connectivity index is 3.49. The van der Waals surface area contributed by atoms with E-state index in [-0.39, 0.29) is 5.69 Å². The van der Waals surface area contributed by atoms with Gasteiger partial charge in [0.05, 0.1) is 11.1 Å². The maximum absolute atomic E-state index is 12.0. The van der Waals surface area contributed by atoms with Crippen LogP contribution in [0.3, 0.4) is 0 Å². The lowest BCUT2D eigenvalue weighted by atomic mass is 10.1. The third kappa shape index (κ3) is 2.84. The molecular formula is C8H5F3N2O5. The number of nitrogens with zero attached hydrogens (tertiary/aromatic N) is 2. The molecule has 7 nitrogen and oxygen atoms in total. The summed E-state index contributed by atoms with van der Waals surface area (Å²) in [7, 11) is 0. The molecule has 0 aliphatic carbocycles. The summed E-state index contributed by atoms with van der Waals surface area (Å²) in [5.41, 5.74) is -2.55. The molecule has 0 aliphatic rings. The van der Waals surface area contributed by atoms with Gasteiger partial charge in [-0.25, -0.2) is 4.79 Å². The number of rotatable bonds is 3. The average Bonchev–Trinajstić information content (AvgIpc) is 2.17. The topological polar surface area (TPSA) is 103 Å². The number of carboxylic acids is 1. The van der Waals surface area contributed by atoms with E-state index in [9.17, 15) is 28.1 Å². The predicted octanol–water partition coefficient (Wildman–Crippen LogP) is 1.90.